The van der Waals surface area contributed by atoms with Crippen LogP contribution in [-0.2, 0) is 16.0 Å². The summed E-state index contributed by atoms with van der Waals surface area (Å²) >= 11 is 0. The number of carbonyl (C=O) groups is 1. The minimum atomic E-state index is -0.185. The second-order valence-electron chi connectivity index (χ2n) is 5.55. The third kappa shape index (κ3) is 6.67. The van der Waals surface area contributed by atoms with Crippen molar-refractivity contribution in [2.24, 2.45) is 0 Å². The molecule has 0 aliphatic carbocycles. The highest BCUT2D eigenvalue weighted by atomic mass is 16.5. The first kappa shape index (κ1) is 18.5. The summed E-state index contributed by atoms with van der Waals surface area (Å²) in [4.78, 5) is 15.3. The van der Waals surface area contributed by atoms with Gasteiger partial charge in [0.25, 0.3) is 0 Å². The number of rotatable bonds is 9. The summed E-state index contributed by atoms with van der Waals surface area (Å²) in [6.45, 7) is 0.828. The van der Waals surface area contributed by atoms with E-state index in [1.165, 1.54) is 7.11 Å². The molecule has 0 saturated carbocycles. The molecule has 25 heavy (non-hydrogen) atoms. The van der Waals surface area contributed by atoms with E-state index in [9.17, 15) is 4.79 Å². The second kappa shape index (κ2) is 10.1. The fourth-order valence-electron chi connectivity index (χ4n) is 2.34. The molecule has 0 aliphatic heterocycles. The zero-order chi connectivity index (χ0) is 17.9. The summed E-state index contributed by atoms with van der Waals surface area (Å²) < 4.78 is 9.83. The highest BCUT2D eigenvalue weighted by molar-refractivity contribution is 5.69. The van der Waals surface area contributed by atoms with Crippen molar-refractivity contribution in [1.82, 2.24) is 4.98 Å². The molecule has 2 rings (SSSR count). The topological polar surface area (TPSA) is 60.5 Å². The smallest absolute Gasteiger partial charge is 0.305 e. The van der Waals surface area contributed by atoms with Crippen molar-refractivity contribution in [3.63, 3.8) is 0 Å². The number of nitrogens with zero attached hydrogens (tertiary/aromatic N) is 1. The van der Waals surface area contributed by atoms with E-state index in [4.69, 9.17) is 4.74 Å². The molecule has 0 fully saturated rings. The monoisotopic (exact) mass is 340 g/mol. The summed E-state index contributed by atoms with van der Waals surface area (Å²) in [6.07, 6.45) is 9.60. The highest BCUT2D eigenvalue weighted by Gasteiger charge is 2.02. The number of ether oxygens (including phenoxy) is 2. The summed E-state index contributed by atoms with van der Waals surface area (Å²) in [6, 6.07) is 10.0. The van der Waals surface area contributed by atoms with E-state index in [0.29, 0.717) is 12.8 Å². The van der Waals surface area contributed by atoms with Crippen molar-refractivity contribution < 1.29 is 14.3 Å². The Morgan fingerprint density at radius 1 is 1.24 bits per heavy atom. The van der Waals surface area contributed by atoms with Crippen LogP contribution in [0.4, 0.5) is 5.69 Å². The molecule has 132 valence electrons. The Morgan fingerprint density at radius 2 is 2.12 bits per heavy atom. The molecule has 0 saturated heterocycles. The van der Waals surface area contributed by atoms with Crippen LogP contribution in [0.3, 0.4) is 0 Å². The fraction of sp³-hybridized carbons (Fsp3) is 0.300. The minimum Gasteiger partial charge on any atom is -0.495 e. The van der Waals surface area contributed by atoms with Gasteiger partial charge in [-0.3, -0.25) is 9.78 Å². The molecule has 1 heterocycles. The van der Waals surface area contributed by atoms with Gasteiger partial charge in [-0.15, -0.1) is 0 Å². The largest absolute Gasteiger partial charge is 0.495 e. The molecule has 1 aromatic carbocycles. The van der Waals surface area contributed by atoms with Crippen LogP contribution in [0.15, 0.2) is 48.8 Å². The molecule has 5 nitrogen and oxygen atoms in total. The molecule has 1 aromatic heterocycles. The van der Waals surface area contributed by atoms with Gasteiger partial charge in [0.15, 0.2) is 0 Å². The van der Waals surface area contributed by atoms with Gasteiger partial charge in [-0.2, -0.15) is 0 Å². The van der Waals surface area contributed by atoms with Gasteiger partial charge in [0.05, 0.1) is 20.4 Å². The summed E-state index contributed by atoms with van der Waals surface area (Å²) in [5, 5.41) is 3.39. The molecule has 0 aliphatic rings. The van der Waals surface area contributed by atoms with Crippen LogP contribution in [0, 0.1) is 0 Å². The quantitative estimate of drug-likeness (QED) is 0.557. The van der Waals surface area contributed by atoms with Gasteiger partial charge in [0, 0.05) is 24.8 Å². The van der Waals surface area contributed by atoms with E-state index >= 15 is 0 Å². The van der Waals surface area contributed by atoms with Gasteiger partial charge in [0.1, 0.15) is 5.75 Å². The molecular formula is C20H24N2O3. The Bertz CT molecular complexity index is 714. The van der Waals surface area contributed by atoms with Crippen molar-refractivity contribution >= 4 is 17.7 Å². The zero-order valence-corrected chi connectivity index (χ0v) is 14.7. The Balaban J connectivity index is 1.77. The zero-order valence-electron chi connectivity index (χ0n) is 14.7. The molecule has 0 unspecified atom stereocenters. The fourth-order valence-corrected chi connectivity index (χ4v) is 2.34. The lowest BCUT2D eigenvalue weighted by molar-refractivity contribution is -0.140. The maximum Gasteiger partial charge on any atom is 0.305 e. The molecule has 1 N–H and O–H groups in total. The average molecular weight is 340 g/mol. The van der Waals surface area contributed by atoms with Gasteiger partial charge in [-0.05, 0) is 42.2 Å². The maximum absolute atomic E-state index is 11.2. The molecular weight excluding hydrogens is 316 g/mol. The van der Waals surface area contributed by atoms with E-state index in [1.807, 2.05) is 30.3 Å². The molecule has 0 atom stereocenters. The van der Waals surface area contributed by atoms with Crippen molar-refractivity contribution in [1.29, 1.82) is 0 Å². The summed E-state index contributed by atoms with van der Waals surface area (Å²) in [5.41, 5.74) is 3.19. The Hall–Kier alpha value is -2.82. The maximum atomic E-state index is 11.2. The van der Waals surface area contributed by atoms with Crippen molar-refractivity contribution in [2.45, 2.75) is 19.3 Å². The molecule has 0 spiro atoms. The number of benzene rings is 1. The van der Waals surface area contributed by atoms with Crippen LogP contribution in [0.1, 0.15) is 24.0 Å². The number of aryl methyl sites for hydroxylation is 1. The standard InChI is InChI=1S/C20H24N2O3/c1-24-19-13-17(14-21-15-19)6-3-4-11-22-18-8-5-7-16(12-18)9-10-20(23)25-2/h3,5-8,12-15,22H,4,9-11H2,1-2H3/b6-3+. The SMILES string of the molecule is COC(=O)CCc1cccc(NCC/C=C/c2cncc(OC)c2)c1. The van der Waals surface area contributed by atoms with E-state index < -0.39 is 0 Å². The number of nitrogens with one attached hydrogen (secondary N) is 1. The predicted molar refractivity (Wildman–Crippen MR) is 99.7 cm³/mol. The third-order valence-corrected chi connectivity index (χ3v) is 3.69. The van der Waals surface area contributed by atoms with Gasteiger partial charge in [0.2, 0.25) is 0 Å². The Kier molecular flexibility index (Phi) is 7.50. The van der Waals surface area contributed by atoms with Gasteiger partial charge in [-0.1, -0.05) is 24.3 Å². The first-order valence-corrected chi connectivity index (χ1v) is 8.26. The third-order valence-electron chi connectivity index (χ3n) is 3.69. The lowest BCUT2D eigenvalue weighted by Crippen LogP contribution is -2.03. The molecule has 0 amide bonds. The van der Waals surface area contributed by atoms with Crippen LogP contribution in [0.2, 0.25) is 0 Å². The highest BCUT2D eigenvalue weighted by Crippen LogP contribution is 2.14. The number of aromatic nitrogens is 1. The van der Waals surface area contributed by atoms with Crippen LogP contribution in [0.5, 0.6) is 5.75 Å². The first-order chi connectivity index (χ1) is 12.2. The number of pyridine rings is 1. The normalized spacial score (nSPS) is 10.6. The van der Waals surface area contributed by atoms with Crippen molar-refractivity contribution in [3.05, 3.63) is 59.9 Å². The van der Waals surface area contributed by atoms with Crippen LogP contribution < -0.4 is 10.1 Å². The summed E-state index contributed by atoms with van der Waals surface area (Å²) in [5.74, 6) is 0.569. The molecule has 5 heteroatoms. The lowest BCUT2D eigenvalue weighted by atomic mass is 10.1. The van der Waals surface area contributed by atoms with Crippen molar-refractivity contribution in [3.8, 4) is 5.75 Å². The molecule has 0 radical (unpaired) electrons. The lowest BCUT2D eigenvalue weighted by Gasteiger charge is -2.07. The number of esters is 1. The van der Waals surface area contributed by atoms with Crippen LogP contribution in [0.25, 0.3) is 6.08 Å². The molecule has 2 aromatic rings. The van der Waals surface area contributed by atoms with Gasteiger partial charge in [-0.25, -0.2) is 0 Å². The average Bonchev–Trinajstić information content (AvgIpc) is 2.66. The predicted octanol–water partition coefficient (Wildman–Crippen LogP) is 3.71. The first-order valence-electron chi connectivity index (χ1n) is 8.26. The van der Waals surface area contributed by atoms with Crippen LogP contribution in [-0.4, -0.2) is 31.7 Å². The van der Waals surface area contributed by atoms with Crippen LogP contribution >= 0.6 is 0 Å². The Morgan fingerprint density at radius 3 is 2.92 bits per heavy atom. The van der Waals surface area contributed by atoms with Gasteiger partial charge >= 0.3 is 5.97 Å². The van der Waals surface area contributed by atoms with E-state index in [2.05, 4.69) is 27.2 Å². The van der Waals surface area contributed by atoms with E-state index in [0.717, 1.165) is 35.5 Å². The number of hydrogen-bond donors (Lipinski definition) is 1. The number of anilines is 1. The second-order valence-corrected chi connectivity index (χ2v) is 5.55. The number of methoxy groups -OCH3 is 2. The Labute approximate surface area is 148 Å². The minimum absolute atomic E-state index is 0.185. The van der Waals surface area contributed by atoms with E-state index in [-0.39, 0.29) is 5.97 Å². The number of hydrogen-bond acceptors (Lipinski definition) is 5. The number of carbonyl (C=O) groups excluding carboxylic acids is 1. The van der Waals surface area contributed by atoms with Gasteiger partial charge < -0.3 is 14.8 Å². The summed E-state index contributed by atoms with van der Waals surface area (Å²) in [7, 11) is 3.04. The van der Waals surface area contributed by atoms with E-state index in [1.54, 1.807) is 19.5 Å². The molecule has 0 bridgehead atoms. The van der Waals surface area contributed by atoms with Crippen molar-refractivity contribution in [2.75, 3.05) is 26.1 Å².